The molecule has 0 saturated carbocycles. The Morgan fingerprint density at radius 1 is 0.930 bits per heavy atom. The van der Waals surface area contributed by atoms with Gasteiger partial charge in [0, 0.05) is 6.42 Å². The first kappa shape index (κ1) is 36.0. The van der Waals surface area contributed by atoms with Crippen molar-refractivity contribution < 1.29 is 45.9 Å². The maximum Gasteiger partial charge on any atom is 0.273 e. The van der Waals surface area contributed by atoms with Crippen molar-refractivity contribution in [2.24, 2.45) is 0 Å². The highest BCUT2D eigenvalue weighted by molar-refractivity contribution is 6.31. The third-order valence-electron chi connectivity index (χ3n) is 6.73. The van der Waals surface area contributed by atoms with Crippen molar-refractivity contribution in [3.8, 4) is 11.5 Å². The zero-order valence-corrected chi connectivity index (χ0v) is 27.0. The van der Waals surface area contributed by atoms with E-state index < -0.39 is 12.0 Å². The average molecular weight is 682 g/mol. The number of rotatable bonds is 17. The second-order valence-electron chi connectivity index (χ2n) is 10.8. The highest BCUT2D eigenvalue weighted by Gasteiger charge is 2.18. The van der Waals surface area contributed by atoms with Crippen LogP contribution in [0.1, 0.15) is 34.5 Å². The van der Waals surface area contributed by atoms with Gasteiger partial charge in [-0.2, -0.15) is 0 Å². The molecule has 43 heavy (non-hydrogen) atoms. The Balaban J connectivity index is 0.00000645. The molecular formula is C30H42BrClN6O5. The average Bonchev–Trinajstić information content (AvgIpc) is 2.97. The number of aryl methyl sites for hydroxylation is 2. The topological polar surface area (TPSA) is 166 Å². The molecule has 11 nitrogen and oxygen atoms in total. The lowest BCUT2D eigenvalue weighted by atomic mass is 10.1. The number of amides is 1. The minimum Gasteiger partial charge on any atom is -1.00 e. The highest BCUT2D eigenvalue weighted by atomic mass is 79.9. The Kier molecular flexibility index (Phi) is 14.9. The summed E-state index contributed by atoms with van der Waals surface area (Å²) >= 11 is 5.87. The lowest BCUT2D eigenvalue weighted by Gasteiger charge is -2.30. The Morgan fingerprint density at radius 2 is 1.51 bits per heavy atom. The molecule has 7 N–H and O–H groups in total. The number of benzene rings is 2. The van der Waals surface area contributed by atoms with E-state index in [1.807, 2.05) is 36.4 Å². The second kappa shape index (κ2) is 17.8. The maximum absolute atomic E-state index is 12.4. The number of halogens is 2. The lowest BCUT2D eigenvalue weighted by Crippen LogP contribution is -3.00. The lowest BCUT2D eigenvalue weighted by molar-refractivity contribution is -0.889. The first-order chi connectivity index (χ1) is 20.1. The van der Waals surface area contributed by atoms with Crippen LogP contribution in [-0.4, -0.2) is 90.2 Å². The predicted molar refractivity (Wildman–Crippen MR) is 164 cm³/mol. The van der Waals surface area contributed by atoms with Crippen molar-refractivity contribution in [3.05, 3.63) is 70.5 Å². The molecule has 1 atom stereocenters. The van der Waals surface area contributed by atoms with E-state index in [1.54, 1.807) is 0 Å². The molecule has 1 heterocycles. The molecule has 3 aromatic rings. The van der Waals surface area contributed by atoms with Crippen molar-refractivity contribution >= 4 is 29.1 Å². The maximum atomic E-state index is 12.4. The number of nitrogens with two attached hydrogens (primary N) is 2. The third kappa shape index (κ3) is 12.5. The molecule has 1 unspecified atom stereocenters. The first-order valence-corrected chi connectivity index (χ1v) is 14.3. The predicted octanol–water partition coefficient (Wildman–Crippen LogP) is -0.519. The highest BCUT2D eigenvalue weighted by Crippen LogP contribution is 2.18. The molecule has 0 radical (unpaired) electrons. The summed E-state index contributed by atoms with van der Waals surface area (Å²) in [5.74, 6) is 1.03. The van der Waals surface area contributed by atoms with E-state index in [1.165, 1.54) is 11.1 Å². The number of hydrogen-bond donors (Lipinski definition) is 5. The van der Waals surface area contributed by atoms with Crippen LogP contribution in [0, 0.1) is 0 Å². The van der Waals surface area contributed by atoms with Crippen molar-refractivity contribution in [1.29, 1.82) is 0 Å². The summed E-state index contributed by atoms with van der Waals surface area (Å²) in [5.41, 5.74) is 13.7. The van der Waals surface area contributed by atoms with Crippen LogP contribution >= 0.6 is 11.6 Å². The fourth-order valence-corrected chi connectivity index (χ4v) is 4.33. The number of aliphatic hydroxyl groups excluding tert-OH is 2. The van der Waals surface area contributed by atoms with Crippen LogP contribution in [-0.2, 0) is 12.8 Å². The summed E-state index contributed by atoms with van der Waals surface area (Å²) in [6, 6.07) is 15.9. The Bertz CT molecular complexity index is 1280. The van der Waals surface area contributed by atoms with E-state index in [0.717, 1.165) is 49.0 Å². The first-order valence-electron chi connectivity index (χ1n) is 14.0. The number of nitrogen functional groups attached to an aromatic ring is 2. The number of anilines is 2. The summed E-state index contributed by atoms with van der Waals surface area (Å²) in [6.45, 7) is 2.50. The molecule has 0 aliphatic rings. The number of nitrogens with one attached hydrogen (secondary N) is 1. The number of quaternary nitrogens is 1. The molecule has 0 spiro atoms. The van der Waals surface area contributed by atoms with Gasteiger partial charge >= 0.3 is 0 Å². The van der Waals surface area contributed by atoms with Gasteiger partial charge in [0.1, 0.15) is 24.2 Å². The molecule has 0 saturated heterocycles. The van der Waals surface area contributed by atoms with Gasteiger partial charge in [0.15, 0.2) is 22.5 Å². The Morgan fingerprint density at radius 3 is 2.12 bits per heavy atom. The van der Waals surface area contributed by atoms with Gasteiger partial charge in [-0.15, -0.1) is 0 Å². The van der Waals surface area contributed by atoms with E-state index in [9.17, 15) is 9.90 Å². The van der Waals surface area contributed by atoms with Gasteiger partial charge in [-0.05, 0) is 54.7 Å². The molecule has 0 aliphatic heterocycles. The molecule has 1 amide bonds. The van der Waals surface area contributed by atoms with Gasteiger partial charge < -0.3 is 57.9 Å². The fourth-order valence-electron chi connectivity index (χ4n) is 4.20. The van der Waals surface area contributed by atoms with Gasteiger partial charge in [0.2, 0.25) is 0 Å². The van der Waals surface area contributed by atoms with Gasteiger partial charge in [0.25, 0.3) is 5.91 Å². The minimum atomic E-state index is -0.874. The van der Waals surface area contributed by atoms with E-state index >= 15 is 0 Å². The Hall–Kier alpha value is -3.16. The molecule has 2 aromatic carbocycles. The standard InChI is InChI=1S/C30H41ClN6O5.BrH/c1-37(2,17-15-34-30(40)26-28(32)36-29(33)27(31)35-26)16-3-5-21-7-11-24(12-8-21)41-18-4-6-22-9-13-25(14-10-22)42-20-23(39)19-38;/h7-14,23,38-39H,3-6,15-20H2,1-2H3,(H4-,32,33,34,36,40);1H. The van der Waals surface area contributed by atoms with Crippen molar-refractivity contribution in [1.82, 2.24) is 15.3 Å². The largest absolute Gasteiger partial charge is 1.00 e. The van der Waals surface area contributed by atoms with E-state index in [2.05, 4.69) is 41.5 Å². The van der Waals surface area contributed by atoms with E-state index in [-0.39, 0.29) is 52.7 Å². The van der Waals surface area contributed by atoms with Crippen LogP contribution in [0.2, 0.25) is 5.15 Å². The molecule has 0 aliphatic carbocycles. The summed E-state index contributed by atoms with van der Waals surface area (Å²) in [5, 5.41) is 21.0. The number of likely N-dealkylation sites (N-methyl/N-ethyl adjacent to an activating group) is 1. The number of hydrogen-bond acceptors (Lipinski definition) is 9. The van der Waals surface area contributed by atoms with Crippen LogP contribution in [0.4, 0.5) is 11.6 Å². The molecule has 3 rings (SSSR count). The summed E-state index contributed by atoms with van der Waals surface area (Å²) < 4.78 is 12.1. The van der Waals surface area contributed by atoms with E-state index in [4.69, 9.17) is 37.6 Å². The summed E-state index contributed by atoms with van der Waals surface area (Å²) in [4.78, 5) is 20.2. The summed E-state index contributed by atoms with van der Waals surface area (Å²) in [7, 11) is 4.26. The van der Waals surface area contributed by atoms with E-state index in [0.29, 0.717) is 18.9 Å². The van der Waals surface area contributed by atoms with Crippen molar-refractivity contribution in [3.63, 3.8) is 0 Å². The Labute approximate surface area is 268 Å². The third-order valence-corrected chi connectivity index (χ3v) is 7.01. The van der Waals surface area contributed by atoms with Crippen LogP contribution in [0.3, 0.4) is 0 Å². The number of carbonyl (C=O) groups excluding carboxylic acids is 1. The zero-order chi connectivity index (χ0) is 30.5. The SMILES string of the molecule is C[N+](C)(CCCc1ccc(OCCCc2ccc(OCC(O)CO)cc2)cc1)CCNC(=O)c1nc(Cl)c(N)nc1N.[Br-]. The van der Waals surface area contributed by atoms with Crippen LogP contribution < -0.4 is 43.2 Å². The minimum absolute atomic E-state index is 0. The van der Waals surface area contributed by atoms with Crippen molar-refractivity contribution in [2.45, 2.75) is 31.8 Å². The van der Waals surface area contributed by atoms with Crippen LogP contribution in [0.25, 0.3) is 0 Å². The monoisotopic (exact) mass is 680 g/mol. The zero-order valence-electron chi connectivity index (χ0n) is 24.6. The number of nitrogens with zero attached hydrogens (tertiary/aromatic N) is 3. The smallest absolute Gasteiger partial charge is 0.273 e. The molecule has 13 heteroatoms. The number of aliphatic hydroxyl groups is 2. The molecule has 236 valence electrons. The number of aromatic nitrogens is 2. The molecule has 0 bridgehead atoms. The van der Waals surface area contributed by atoms with Gasteiger partial charge in [0.05, 0.1) is 46.9 Å². The number of ether oxygens (including phenoxy) is 2. The normalized spacial score (nSPS) is 11.8. The fraction of sp³-hybridized carbons (Fsp3) is 0.433. The molecular weight excluding hydrogens is 640 g/mol. The van der Waals surface area contributed by atoms with Crippen molar-refractivity contribution in [2.75, 3.05) is 65.0 Å². The second-order valence-corrected chi connectivity index (χ2v) is 11.1. The van der Waals surface area contributed by atoms with Crippen LogP contribution in [0.15, 0.2) is 48.5 Å². The quantitative estimate of drug-likeness (QED) is 0.0932. The van der Waals surface area contributed by atoms with Gasteiger partial charge in [-0.1, -0.05) is 35.9 Å². The van der Waals surface area contributed by atoms with Gasteiger partial charge in [-0.25, -0.2) is 9.97 Å². The molecule has 1 aromatic heterocycles. The van der Waals surface area contributed by atoms with Gasteiger partial charge in [-0.3, -0.25) is 4.79 Å². The summed E-state index contributed by atoms with van der Waals surface area (Å²) in [6.07, 6.45) is 2.84. The number of carbonyl (C=O) groups is 1. The van der Waals surface area contributed by atoms with Crippen LogP contribution in [0.5, 0.6) is 11.5 Å². The molecule has 0 fully saturated rings.